The van der Waals surface area contributed by atoms with E-state index in [2.05, 4.69) is 30.4 Å². The van der Waals surface area contributed by atoms with E-state index in [1.54, 1.807) is 0 Å². The number of nitrogens with one attached hydrogen (secondary N) is 1. The van der Waals surface area contributed by atoms with Gasteiger partial charge in [-0.15, -0.1) is 0 Å². The van der Waals surface area contributed by atoms with Gasteiger partial charge in [-0.05, 0) is 37.3 Å². The first-order valence-electron chi connectivity index (χ1n) is 7.06. The van der Waals surface area contributed by atoms with Crippen molar-refractivity contribution in [3.05, 3.63) is 35.4 Å². The minimum atomic E-state index is 0.0780. The summed E-state index contributed by atoms with van der Waals surface area (Å²) in [5, 5.41) is 3.14. The lowest BCUT2D eigenvalue weighted by atomic mass is 10.0. The summed E-state index contributed by atoms with van der Waals surface area (Å²) in [4.78, 5) is 11.9. The molecule has 0 aliphatic heterocycles. The normalized spacial score (nSPS) is 21.5. The van der Waals surface area contributed by atoms with Crippen LogP contribution in [-0.2, 0) is 16.0 Å². The van der Waals surface area contributed by atoms with E-state index in [1.165, 1.54) is 11.1 Å². The van der Waals surface area contributed by atoms with Crippen molar-refractivity contribution in [1.29, 1.82) is 0 Å². The van der Waals surface area contributed by atoms with E-state index in [9.17, 15) is 4.79 Å². The van der Waals surface area contributed by atoms with Crippen molar-refractivity contribution in [3.8, 4) is 0 Å². The molecule has 1 aliphatic carbocycles. The van der Waals surface area contributed by atoms with E-state index in [1.807, 2.05) is 19.9 Å². The standard InChI is InChI=1S/C16H23NO2/c1-11(2)19-9-8-15(18)17-16-12(3)10-13-6-4-5-7-14(13)16/h4-7,11-12,16H,8-10H2,1-3H3,(H,17,18)/t12-,16-/m1/s1. The third kappa shape index (κ3) is 3.57. The number of amides is 1. The van der Waals surface area contributed by atoms with Crippen LogP contribution in [0.2, 0.25) is 0 Å². The van der Waals surface area contributed by atoms with Crippen LogP contribution in [0.5, 0.6) is 0 Å². The highest BCUT2D eigenvalue weighted by Gasteiger charge is 2.29. The second kappa shape index (κ2) is 6.20. The second-order valence-electron chi connectivity index (χ2n) is 5.59. The van der Waals surface area contributed by atoms with Crippen molar-refractivity contribution < 1.29 is 9.53 Å². The van der Waals surface area contributed by atoms with E-state index >= 15 is 0 Å². The third-order valence-electron chi connectivity index (χ3n) is 3.60. The highest BCUT2D eigenvalue weighted by Crippen LogP contribution is 2.35. The molecule has 1 aromatic carbocycles. The molecule has 1 N–H and O–H groups in total. The first-order chi connectivity index (χ1) is 9.08. The second-order valence-corrected chi connectivity index (χ2v) is 5.59. The molecule has 0 saturated carbocycles. The predicted octanol–water partition coefficient (Wildman–Crippen LogP) is 2.85. The predicted molar refractivity (Wildman–Crippen MR) is 75.9 cm³/mol. The Morgan fingerprint density at radius 2 is 2.16 bits per heavy atom. The highest BCUT2D eigenvalue weighted by atomic mass is 16.5. The lowest BCUT2D eigenvalue weighted by molar-refractivity contribution is -0.123. The fourth-order valence-electron chi connectivity index (χ4n) is 2.65. The molecule has 1 amide bonds. The minimum Gasteiger partial charge on any atom is -0.378 e. The van der Waals surface area contributed by atoms with E-state index in [0.717, 1.165) is 6.42 Å². The van der Waals surface area contributed by atoms with Crippen molar-refractivity contribution in [2.45, 2.75) is 45.8 Å². The molecule has 0 radical (unpaired) electrons. The van der Waals surface area contributed by atoms with Crippen LogP contribution in [0.1, 0.15) is 44.4 Å². The maximum Gasteiger partial charge on any atom is 0.222 e. The average Bonchev–Trinajstić information content (AvgIpc) is 2.66. The molecule has 0 unspecified atom stereocenters. The van der Waals surface area contributed by atoms with Crippen LogP contribution in [0, 0.1) is 5.92 Å². The zero-order valence-electron chi connectivity index (χ0n) is 12.0. The largest absolute Gasteiger partial charge is 0.378 e. The number of fused-ring (bicyclic) bond motifs is 1. The Labute approximate surface area is 115 Å². The van der Waals surface area contributed by atoms with Gasteiger partial charge in [0.25, 0.3) is 0 Å². The molecular weight excluding hydrogens is 238 g/mol. The molecule has 2 atom stereocenters. The van der Waals surface area contributed by atoms with Gasteiger partial charge in [-0.3, -0.25) is 4.79 Å². The Morgan fingerprint density at radius 3 is 2.89 bits per heavy atom. The van der Waals surface area contributed by atoms with E-state index in [-0.39, 0.29) is 18.1 Å². The summed E-state index contributed by atoms with van der Waals surface area (Å²) in [5.41, 5.74) is 2.63. The summed E-state index contributed by atoms with van der Waals surface area (Å²) < 4.78 is 5.41. The lowest BCUT2D eigenvalue weighted by Gasteiger charge is -2.19. The molecule has 104 valence electrons. The molecule has 0 aromatic heterocycles. The zero-order valence-corrected chi connectivity index (χ0v) is 12.0. The van der Waals surface area contributed by atoms with E-state index < -0.39 is 0 Å². The van der Waals surface area contributed by atoms with Crippen molar-refractivity contribution in [1.82, 2.24) is 5.32 Å². The molecule has 3 heteroatoms. The van der Waals surface area contributed by atoms with Gasteiger partial charge in [-0.2, -0.15) is 0 Å². The van der Waals surface area contributed by atoms with Crippen LogP contribution < -0.4 is 5.32 Å². The fourth-order valence-corrected chi connectivity index (χ4v) is 2.65. The summed E-state index contributed by atoms with van der Waals surface area (Å²) in [6.07, 6.45) is 1.66. The lowest BCUT2D eigenvalue weighted by Crippen LogP contribution is -2.31. The summed E-state index contributed by atoms with van der Waals surface area (Å²) >= 11 is 0. The van der Waals surface area contributed by atoms with Gasteiger partial charge in [0, 0.05) is 6.42 Å². The molecule has 0 fully saturated rings. The van der Waals surface area contributed by atoms with Gasteiger partial charge >= 0.3 is 0 Å². The van der Waals surface area contributed by atoms with Gasteiger partial charge in [-0.1, -0.05) is 31.2 Å². The molecule has 3 nitrogen and oxygen atoms in total. The SMILES string of the molecule is CC(C)OCCC(=O)N[C@H]1c2ccccc2C[C@H]1C. The Bertz CT molecular complexity index is 442. The van der Waals surface area contributed by atoms with Gasteiger partial charge in [0.05, 0.1) is 18.8 Å². The molecule has 0 spiro atoms. The van der Waals surface area contributed by atoms with Gasteiger partial charge < -0.3 is 10.1 Å². The molecule has 0 heterocycles. The zero-order chi connectivity index (χ0) is 13.8. The number of ether oxygens (including phenoxy) is 1. The number of carbonyl (C=O) groups excluding carboxylic acids is 1. The van der Waals surface area contributed by atoms with E-state index in [4.69, 9.17) is 4.74 Å². The fraction of sp³-hybridized carbons (Fsp3) is 0.562. The number of hydrogen-bond donors (Lipinski definition) is 1. The van der Waals surface area contributed by atoms with Crippen LogP contribution in [0.15, 0.2) is 24.3 Å². The molecule has 2 rings (SSSR count). The van der Waals surface area contributed by atoms with Gasteiger partial charge in [0.1, 0.15) is 0 Å². The van der Waals surface area contributed by atoms with Crippen LogP contribution in [0.4, 0.5) is 0 Å². The highest BCUT2D eigenvalue weighted by molar-refractivity contribution is 5.76. The average molecular weight is 261 g/mol. The van der Waals surface area contributed by atoms with Crippen LogP contribution in [-0.4, -0.2) is 18.6 Å². The van der Waals surface area contributed by atoms with Gasteiger partial charge in [0.15, 0.2) is 0 Å². The van der Waals surface area contributed by atoms with Crippen LogP contribution in [0.3, 0.4) is 0 Å². The summed E-state index contributed by atoms with van der Waals surface area (Å²) in [6.45, 7) is 6.64. The smallest absolute Gasteiger partial charge is 0.222 e. The molecule has 0 bridgehead atoms. The number of rotatable bonds is 5. The van der Waals surface area contributed by atoms with Gasteiger partial charge in [0.2, 0.25) is 5.91 Å². The van der Waals surface area contributed by atoms with Crippen molar-refractivity contribution >= 4 is 5.91 Å². The summed E-state index contributed by atoms with van der Waals surface area (Å²) in [5.74, 6) is 0.543. The van der Waals surface area contributed by atoms with Crippen LogP contribution >= 0.6 is 0 Å². The minimum absolute atomic E-state index is 0.0780. The summed E-state index contributed by atoms with van der Waals surface area (Å²) in [6, 6.07) is 8.53. The first kappa shape index (κ1) is 14.1. The maximum atomic E-state index is 11.9. The van der Waals surface area contributed by atoms with Crippen molar-refractivity contribution in [2.24, 2.45) is 5.92 Å². The monoisotopic (exact) mass is 261 g/mol. The van der Waals surface area contributed by atoms with Gasteiger partial charge in [-0.25, -0.2) is 0 Å². The molecule has 19 heavy (non-hydrogen) atoms. The van der Waals surface area contributed by atoms with E-state index in [0.29, 0.717) is 18.9 Å². The Hall–Kier alpha value is -1.35. The Balaban J connectivity index is 1.90. The van der Waals surface area contributed by atoms with Crippen LogP contribution in [0.25, 0.3) is 0 Å². The number of benzene rings is 1. The molecular formula is C16H23NO2. The van der Waals surface area contributed by atoms with Crippen molar-refractivity contribution in [2.75, 3.05) is 6.61 Å². The first-order valence-corrected chi connectivity index (χ1v) is 7.06. The quantitative estimate of drug-likeness (QED) is 0.885. The molecule has 1 aromatic rings. The summed E-state index contributed by atoms with van der Waals surface area (Å²) in [7, 11) is 0. The third-order valence-corrected chi connectivity index (χ3v) is 3.60. The van der Waals surface area contributed by atoms with Crippen molar-refractivity contribution in [3.63, 3.8) is 0 Å². The number of hydrogen-bond acceptors (Lipinski definition) is 2. The maximum absolute atomic E-state index is 11.9. The molecule has 1 aliphatic rings. The topological polar surface area (TPSA) is 38.3 Å². The molecule has 0 saturated heterocycles. The Morgan fingerprint density at radius 1 is 1.42 bits per heavy atom. The number of carbonyl (C=O) groups is 1. The Kier molecular flexibility index (Phi) is 4.59.